The van der Waals surface area contributed by atoms with Gasteiger partial charge in [0.05, 0.1) is 5.75 Å². The first-order valence-corrected chi connectivity index (χ1v) is 6.92. The van der Waals surface area contributed by atoms with E-state index in [0.717, 1.165) is 21.9 Å². The van der Waals surface area contributed by atoms with E-state index in [0.29, 0.717) is 0 Å². The maximum absolute atomic E-state index is 12.5. The van der Waals surface area contributed by atoms with Crippen molar-refractivity contribution in [2.75, 3.05) is 5.75 Å². The normalized spacial score (nSPS) is 11.9. The topological polar surface area (TPSA) is 34.1 Å². The third kappa shape index (κ3) is 2.82. The van der Waals surface area contributed by atoms with Crippen LogP contribution >= 0.6 is 0 Å². The minimum atomic E-state index is -4.40. The van der Waals surface area contributed by atoms with Crippen molar-refractivity contribution >= 4 is 21.0 Å². The standard InChI is InChI=1S/C13H13FO2S/c1-10-6-7-11(8-9-17(14,15)16)13-5-3-2-4-12(10)13/h2-7H,8-9H2,1H3. The number of benzene rings is 2. The molecule has 90 valence electrons. The molecule has 0 aliphatic rings. The Hall–Kier alpha value is -1.42. The molecule has 0 N–H and O–H groups in total. The Bertz CT molecular complexity index is 648. The van der Waals surface area contributed by atoms with Gasteiger partial charge in [0.15, 0.2) is 0 Å². The Kier molecular flexibility index (Phi) is 3.15. The molecule has 0 heterocycles. The minimum Gasteiger partial charge on any atom is -0.195 e. The van der Waals surface area contributed by atoms with Crippen molar-refractivity contribution in [1.29, 1.82) is 0 Å². The lowest BCUT2D eigenvalue weighted by molar-refractivity contribution is 0.551. The van der Waals surface area contributed by atoms with Gasteiger partial charge < -0.3 is 0 Å². The molecule has 0 unspecified atom stereocenters. The molecule has 0 saturated carbocycles. The first-order valence-electron chi connectivity index (χ1n) is 5.37. The third-order valence-electron chi connectivity index (χ3n) is 2.85. The molecule has 0 amide bonds. The highest BCUT2D eigenvalue weighted by molar-refractivity contribution is 7.86. The van der Waals surface area contributed by atoms with Crippen molar-refractivity contribution in [3.05, 3.63) is 47.5 Å². The van der Waals surface area contributed by atoms with Crippen LogP contribution in [0.2, 0.25) is 0 Å². The van der Waals surface area contributed by atoms with Gasteiger partial charge >= 0.3 is 10.2 Å². The highest BCUT2D eigenvalue weighted by atomic mass is 32.3. The number of fused-ring (bicyclic) bond motifs is 1. The molecular weight excluding hydrogens is 239 g/mol. The lowest BCUT2D eigenvalue weighted by Gasteiger charge is -2.07. The third-order valence-corrected chi connectivity index (χ3v) is 3.54. The zero-order valence-corrected chi connectivity index (χ0v) is 10.3. The predicted molar refractivity (Wildman–Crippen MR) is 67.3 cm³/mol. The molecular formula is C13H13FO2S. The van der Waals surface area contributed by atoms with E-state index in [9.17, 15) is 12.3 Å². The largest absolute Gasteiger partial charge is 0.302 e. The summed E-state index contributed by atoms with van der Waals surface area (Å²) in [4.78, 5) is 0. The molecule has 0 aliphatic carbocycles. The summed E-state index contributed by atoms with van der Waals surface area (Å²) in [5, 5.41) is 2.08. The highest BCUT2D eigenvalue weighted by Gasteiger charge is 2.09. The summed E-state index contributed by atoms with van der Waals surface area (Å²) in [6.45, 7) is 2.00. The molecule has 0 aliphatic heterocycles. The number of hydrogen-bond acceptors (Lipinski definition) is 2. The van der Waals surface area contributed by atoms with E-state index in [2.05, 4.69) is 0 Å². The van der Waals surface area contributed by atoms with Gasteiger partial charge in [0, 0.05) is 0 Å². The zero-order chi connectivity index (χ0) is 12.5. The molecule has 17 heavy (non-hydrogen) atoms. The van der Waals surface area contributed by atoms with Crippen LogP contribution in [0.15, 0.2) is 36.4 Å². The molecule has 0 bridgehead atoms. The van der Waals surface area contributed by atoms with Crippen molar-refractivity contribution in [2.24, 2.45) is 0 Å². The van der Waals surface area contributed by atoms with Gasteiger partial charge in [-0.3, -0.25) is 0 Å². The fourth-order valence-corrected chi connectivity index (χ4v) is 2.43. The molecule has 0 saturated heterocycles. The van der Waals surface area contributed by atoms with Gasteiger partial charge in [-0.25, -0.2) is 0 Å². The van der Waals surface area contributed by atoms with Crippen LogP contribution in [0.1, 0.15) is 11.1 Å². The fourth-order valence-electron chi connectivity index (χ4n) is 1.96. The summed E-state index contributed by atoms with van der Waals surface area (Å²) in [6.07, 6.45) is 0.208. The van der Waals surface area contributed by atoms with Gasteiger partial charge in [-0.15, -0.1) is 3.89 Å². The van der Waals surface area contributed by atoms with Crippen LogP contribution in [0.25, 0.3) is 10.8 Å². The smallest absolute Gasteiger partial charge is 0.195 e. The number of aryl methyl sites for hydroxylation is 2. The second kappa shape index (κ2) is 4.45. The molecule has 0 fully saturated rings. The van der Waals surface area contributed by atoms with E-state index in [1.54, 1.807) is 0 Å². The van der Waals surface area contributed by atoms with Crippen LogP contribution in [0.5, 0.6) is 0 Å². The lowest BCUT2D eigenvalue weighted by Crippen LogP contribution is -2.02. The summed E-state index contributed by atoms with van der Waals surface area (Å²) >= 11 is 0. The molecule has 0 atom stereocenters. The van der Waals surface area contributed by atoms with Crippen molar-refractivity contribution in [3.8, 4) is 0 Å². The highest BCUT2D eigenvalue weighted by Crippen LogP contribution is 2.23. The summed E-state index contributed by atoms with van der Waals surface area (Å²) in [6, 6.07) is 11.5. The zero-order valence-electron chi connectivity index (χ0n) is 9.48. The summed E-state index contributed by atoms with van der Waals surface area (Å²) < 4.78 is 33.6. The van der Waals surface area contributed by atoms with E-state index in [1.165, 1.54) is 0 Å². The maximum atomic E-state index is 12.5. The SMILES string of the molecule is Cc1ccc(CCS(=O)(=O)F)c2ccccc12. The van der Waals surface area contributed by atoms with Crippen molar-refractivity contribution in [3.63, 3.8) is 0 Å². The van der Waals surface area contributed by atoms with Gasteiger partial charge in [0.25, 0.3) is 0 Å². The number of rotatable bonds is 3. The second-order valence-corrected chi connectivity index (χ2v) is 5.57. The molecule has 2 aromatic rings. The van der Waals surface area contributed by atoms with E-state index in [4.69, 9.17) is 0 Å². The van der Waals surface area contributed by atoms with Crippen LogP contribution in [-0.4, -0.2) is 14.2 Å². The minimum absolute atomic E-state index is 0.208. The van der Waals surface area contributed by atoms with Gasteiger partial charge in [0.2, 0.25) is 0 Å². The Balaban J connectivity index is 2.45. The van der Waals surface area contributed by atoms with Gasteiger partial charge in [0.1, 0.15) is 0 Å². The molecule has 2 nitrogen and oxygen atoms in total. The van der Waals surface area contributed by atoms with E-state index >= 15 is 0 Å². The molecule has 0 radical (unpaired) electrons. The molecule has 2 rings (SSSR count). The number of halogens is 1. The van der Waals surface area contributed by atoms with Gasteiger partial charge in [-0.2, -0.15) is 8.42 Å². The van der Waals surface area contributed by atoms with Crippen LogP contribution in [0.4, 0.5) is 3.89 Å². The number of hydrogen-bond donors (Lipinski definition) is 0. The maximum Gasteiger partial charge on any atom is 0.302 e. The monoisotopic (exact) mass is 252 g/mol. The second-order valence-electron chi connectivity index (χ2n) is 4.08. The Labute approximate surface area is 100 Å². The Morgan fingerprint density at radius 1 is 1.06 bits per heavy atom. The average Bonchev–Trinajstić information content (AvgIpc) is 2.27. The summed E-state index contributed by atoms with van der Waals surface area (Å²) in [5.41, 5.74) is 2.00. The molecule has 0 spiro atoms. The first-order chi connectivity index (χ1) is 7.97. The average molecular weight is 252 g/mol. The summed E-state index contributed by atoms with van der Waals surface area (Å²) in [5.74, 6) is -0.458. The van der Waals surface area contributed by atoms with Crippen LogP contribution in [0.3, 0.4) is 0 Å². The van der Waals surface area contributed by atoms with E-state index < -0.39 is 16.0 Å². The van der Waals surface area contributed by atoms with Gasteiger partial charge in [-0.1, -0.05) is 36.4 Å². The van der Waals surface area contributed by atoms with Gasteiger partial charge in [-0.05, 0) is 35.2 Å². The Morgan fingerprint density at radius 3 is 2.35 bits per heavy atom. The first kappa shape index (κ1) is 12.0. The van der Waals surface area contributed by atoms with Crippen molar-refractivity contribution < 1.29 is 12.3 Å². The quantitative estimate of drug-likeness (QED) is 0.787. The lowest BCUT2D eigenvalue weighted by atomic mass is 9.99. The molecule has 2 aromatic carbocycles. The molecule has 4 heteroatoms. The summed E-state index contributed by atoms with van der Waals surface area (Å²) in [7, 11) is -4.40. The van der Waals surface area contributed by atoms with Crippen molar-refractivity contribution in [1.82, 2.24) is 0 Å². The van der Waals surface area contributed by atoms with Crippen LogP contribution in [0, 0.1) is 6.92 Å². The van der Waals surface area contributed by atoms with E-state index in [1.807, 2.05) is 43.3 Å². The van der Waals surface area contributed by atoms with Crippen molar-refractivity contribution in [2.45, 2.75) is 13.3 Å². The predicted octanol–water partition coefficient (Wildman–Crippen LogP) is 2.99. The van der Waals surface area contributed by atoms with Crippen LogP contribution in [-0.2, 0) is 16.6 Å². The fraction of sp³-hybridized carbons (Fsp3) is 0.231. The Morgan fingerprint density at radius 2 is 1.71 bits per heavy atom. The van der Waals surface area contributed by atoms with Crippen LogP contribution < -0.4 is 0 Å². The van der Waals surface area contributed by atoms with E-state index in [-0.39, 0.29) is 6.42 Å². The molecule has 0 aromatic heterocycles.